The maximum absolute atomic E-state index is 12.6. The average Bonchev–Trinajstić information content (AvgIpc) is 2.91. The van der Waals surface area contributed by atoms with Gasteiger partial charge >= 0.3 is 6.61 Å². The van der Waals surface area contributed by atoms with Crippen molar-refractivity contribution in [2.24, 2.45) is 0 Å². The summed E-state index contributed by atoms with van der Waals surface area (Å²) in [6, 6.07) is 11.6. The minimum absolute atomic E-state index is 0.257. The third-order valence-corrected chi connectivity index (χ3v) is 4.17. The second kappa shape index (κ2) is 6.58. The number of hydrogen-bond acceptors (Lipinski definition) is 3. The van der Waals surface area contributed by atoms with E-state index < -0.39 is 6.61 Å². The Morgan fingerprint density at radius 1 is 1.27 bits per heavy atom. The lowest BCUT2D eigenvalue weighted by molar-refractivity contribution is -0.0503. The molecule has 22 heavy (non-hydrogen) atoms. The molecule has 0 bridgehead atoms. The summed E-state index contributed by atoms with van der Waals surface area (Å²) >= 11 is 0. The molecule has 1 unspecified atom stereocenters. The minimum Gasteiger partial charge on any atom is -0.434 e. The summed E-state index contributed by atoms with van der Waals surface area (Å²) in [6.45, 7) is -0.233. The lowest BCUT2D eigenvalue weighted by atomic mass is 10.0. The fourth-order valence-corrected chi connectivity index (χ4v) is 3.05. The largest absolute Gasteiger partial charge is 0.434 e. The van der Waals surface area contributed by atoms with Crippen LogP contribution in [0.4, 0.5) is 8.78 Å². The fourth-order valence-electron chi connectivity index (χ4n) is 3.05. The second-order valence-corrected chi connectivity index (χ2v) is 5.77. The molecule has 0 amide bonds. The zero-order chi connectivity index (χ0) is 15.5. The van der Waals surface area contributed by atoms with Crippen LogP contribution in [0.2, 0.25) is 0 Å². The Labute approximate surface area is 128 Å². The van der Waals surface area contributed by atoms with E-state index in [9.17, 15) is 8.78 Å². The van der Waals surface area contributed by atoms with Gasteiger partial charge in [-0.25, -0.2) is 0 Å². The van der Waals surface area contributed by atoms with Gasteiger partial charge in [0.1, 0.15) is 5.75 Å². The van der Waals surface area contributed by atoms with Crippen molar-refractivity contribution in [2.45, 2.75) is 25.6 Å². The van der Waals surface area contributed by atoms with Crippen LogP contribution in [-0.4, -0.2) is 37.7 Å². The Kier molecular flexibility index (Phi) is 4.55. The summed E-state index contributed by atoms with van der Waals surface area (Å²) in [5, 5.41) is 5.46. The van der Waals surface area contributed by atoms with Crippen LogP contribution in [0.1, 0.15) is 12.0 Å². The van der Waals surface area contributed by atoms with E-state index in [4.69, 9.17) is 4.74 Å². The number of likely N-dealkylation sites (tertiary alicyclic amines) is 1. The van der Waals surface area contributed by atoms with Crippen LogP contribution in [0.25, 0.3) is 10.8 Å². The molecular formula is C17H20F2N2O. The Bertz CT molecular complexity index is 648. The molecule has 1 aliphatic heterocycles. The van der Waals surface area contributed by atoms with Crippen LogP contribution < -0.4 is 10.1 Å². The predicted molar refractivity (Wildman–Crippen MR) is 83.3 cm³/mol. The zero-order valence-corrected chi connectivity index (χ0v) is 12.6. The Balaban J connectivity index is 1.86. The van der Waals surface area contributed by atoms with Crippen LogP contribution in [0.3, 0.4) is 0 Å². The van der Waals surface area contributed by atoms with Gasteiger partial charge in [-0.1, -0.05) is 30.3 Å². The summed E-state index contributed by atoms with van der Waals surface area (Å²) in [5.41, 5.74) is 0.799. The number of rotatable bonds is 5. The molecule has 0 radical (unpaired) electrons. The lowest BCUT2D eigenvalue weighted by Gasteiger charge is -2.17. The van der Waals surface area contributed by atoms with E-state index in [1.165, 1.54) is 0 Å². The molecule has 2 aromatic rings. The molecule has 0 aliphatic carbocycles. The van der Waals surface area contributed by atoms with Gasteiger partial charge in [0, 0.05) is 24.7 Å². The van der Waals surface area contributed by atoms with E-state index >= 15 is 0 Å². The standard InChI is InChI=1S/C17H20F2N2O/c1-21-9-8-13(11-21)20-10-15-14-5-3-2-4-12(14)6-7-16(15)22-17(18)19/h2-7,13,17,20H,8-11H2,1H3. The molecule has 2 aromatic carbocycles. The van der Waals surface area contributed by atoms with E-state index in [0.29, 0.717) is 12.6 Å². The topological polar surface area (TPSA) is 24.5 Å². The van der Waals surface area contributed by atoms with Crippen molar-refractivity contribution < 1.29 is 13.5 Å². The van der Waals surface area contributed by atoms with Gasteiger partial charge in [0.15, 0.2) is 0 Å². The molecule has 1 N–H and O–H groups in total. The predicted octanol–water partition coefficient (Wildman–Crippen LogP) is 3.23. The van der Waals surface area contributed by atoms with Crippen molar-refractivity contribution in [1.82, 2.24) is 10.2 Å². The highest BCUT2D eigenvalue weighted by Gasteiger charge is 2.20. The number of ether oxygens (including phenoxy) is 1. The van der Waals surface area contributed by atoms with E-state index in [2.05, 4.69) is 17.3 Å². The highest BCUT2D eigenvalue weighted by molar-refractivity contribution is 5.87. The quantitative estimate of drug-likeness (QED) is 0.918. The molecule has 3 nitrogen and oxygen atoms in total. The molecule has 1 aliphatic rings. The number of nitrogens with zero attached hydrogens (tertiary/aromatic N) is 1. The van der Waals surface area contributed by atoms with Crippen molar-refractivity contribution >= 4 is 10.8 Å². The van der Waals surface area contributed by atoms with Crippen LogP contribution in [0.5, 0.6) is 5.75 Å². The van der Waals surface area contributed by atoms with E-state index in [0.717, 1.165) is 35.8 Å². The summed E-state index contributed by atoms with van der Waals surface area (Å²) in [4.78, 5) is 2.26. The normalized spacial score (nSPS) is 19.2. The van der Waals surface area contributed by atoms with Gasteiger partial charge in [0.05, 0.1) is 0 Å². The number of alkyl halides is 2. The number of halogens is 2. The molecule has 1 atom stereocenters. The number of nitrogens with one attached hydrogen (secondary N) is 1. The van der Waals surface area contributed by atoms with Crippen molar-refractivity contribution in [1.29, 1.82) is 0 Å². The first-order valence-electron chi connectivity index (χ1n) is 7.51. The molecule has 3 rings (SSSR count). The van der Waals surface area contributed by atoms with Crippen LogP contribution >= 0.6 is 0 Å². The van der Waals surface area contributed by atoms with Gasteiger partial charge in [-0.05, 0) is 36.9 Å². The van der Waals surface area contributed by atoms with Gasteiger partial charge in [-0.2, -0.15) is 8.78 Å². The van der Waals surface area contributed by atoms with Gasteiger partial charge in [0.2, 0.25) is 0 Å². The molecule has 0 aromatic heterocycles. The van der Waals surface area contributed by atoms with Crippen LogP contribution in [0.15, 0.2) is 36.4 Å². The first-order valence-corrected chi connectivity index (χ1v) is 7.51. The third kappa shape index (κ3) is 3.36. The minimum atomic E-state index is -2.81. The maximum Gasteiger partial charge on any atom is 0.387 e. The van der Waals surface area contributed by atoms with Gasteiger partial charge < -0.3 is 15.0 Å². The first kappa shape index (κ1) is 15.2. The monoisotopic (exact) mass is 306 g/mol. The highest BCUT2D eigenvalue weighted by atomic mass is 19.3. The Morgan fingerprint density at radius 2 is 2.09 bits per heavy atom. The average molecular weight is 306 g/mol. The number of fused-ring (bicyclic) bond motifs is 1. The van der Waals surface area contributed by atoms with Gasteiger partial charge in [0.25, 0.3) is 0 Å². The second-order valence-electron chi connectivity index (χ2n) is 5.77. The van der Waals surface area contributed by atoms with Crippen molar-refractivity contribution in [3.63, 3.8) is 0 Å². The van der Waals surface area contributed by atoms with E-state index in [1.807, 2.05) is 30.3 Å². The van der Waals surface area contributed by atoms with Gasteiger partial charge in [-0.15, -0.1) is 0 Å². The van der Waals surface area contributed by atoms with Crippen LogP contribution in [0, 0.1) is 0 Å². The SMILES string of the molecule is CN1CCC(NCc2c(OC(F)F)ccc3ccccc23)C1. The summed E-state index contributed by atoms with van der Waals surface area (Å²) in [5.74, 6) is 0.257. The highest BCUT2D eigenvalue weighted by Crippen LogP contribution is 2.29. The lowest BCUT2D eigenvalue weighted by Crippen LogP contribution is -2.31. The molecular weight excluding hydrogens is 286 g/mol. The smallest absolute Gasteiger partial charge is 0.387 e. The van der Waals surface area contributed by atoms with Crippen molar-refractivity contribution in [2.75, 3.05) is 20.1 Å². The Hall–Kier alpha value is -1.72. The molecule has 0 saturated carbocycles. The number of benzene rings is 2. The Morgan fingerprint density at radius 3 is 2.82 bits per heavy atom. The van der Waals surface area contributed by atoms with E-state index in [1.54, 1.807) is 6.07 Å². The maximum atomic E-state index is 12.6. The molecule has 1 heterocycles. The van der Waals surface area contributed by atoms with Crippen molar-refractivity contribution in [3.8, 4) is 5.75 Å². The number of hydrogen-bond donors (Lipinski definition) is 1. The van der Waals surface area contributed by atoms with E-state index in [-0.39, 0.29) is 5.75 Å². The summed E-state index contributed by atoms with van der Waals surface area (Å²) < 4.78 is 30.0. The van der Waals surface area contributed by atoms with Crippen LogP contribution in [-0.2, 0) is 6.54 Å². The molecule has 1 fully saturated rings. The number of likely N-dealkylation sites (N-methyl/N-ethyl adjacent to an activating group) is 1. The molecule has 118 valence electrons. The fraction of sp³-hybridized carbons (Fsp3) is 0.412. The molecule has 1 saturated heterocycles. The molecule has 0 spiro atoms. The van der Waals surface area contributed by atoms with Gasteiger partial charge in [-0.3, -0.25) is 0 Å². The zero-order valence-electron chi connectivity index (χ0n) is 12.6. The van der Waals surface area contributed by atoms with Crippen molar-refractivity contribution in [3.05, 3.63) is 42.0 Å². The summed E-state index contributed by atoms with van der Waals surface area (Å²) in [7, 11) is 2.09. The third-order valence-electron chi connectivity index (χ3n) is 4.17. The molecule has 5 heteroatoms. The first-order chi connectivity index (χ1) is 10.6. The summed E-state index contributed by atoms with van der Waals surface area (Å²) in [6.07, 6.45) is 1.08.